The van der Waals surface area contributed by atoms with Gasteiger partial charge in [0.15, 0.2) is 0 Å². The van der Waals surface area contributed by atoms with Gasteiger partial charge in [0.25, 0.3) is 0 Å². The van der Waals surface area contributed by atoms with Gasteiger partial charge in [0, 0.05) is 0 Å². The van der Waals surface area contributed by atoms with Crippen molar-refractivity contribution in [2.24, 2.45) is 0 Å². The maximum absolute atomic E-state index is 2.21. The lowest BCUT2D eigenvalue weighted by Gasteiger charge is -1.97. The number of hydrogen-bond acceptors (Lipinski definition) is 0. The summed E-state index contributed by atoms with van der Waals surface area (Å²) in [5.74, 6) is 0. The maximum Gasteiger partial charge on any atom is -0.0281 e. The molecule has 0 N–H and O–H groups in total. The third kappa shape index (κ3) is 5.35. The first-order valence-electron chi connectivity index (χ1n) is 5.88. The van der Waals surface area contributed by atoms with Crippen LogP contribution in [0.15, 0.2) is 60.7 Å². The fourth-order valence-corrected chi connectivity index (χ4v) is 1.43. The molecule has 0 spiro atoms. The maximum atomic E-state index is 2.21. The van der Waals surface area contributed by atoms with Crippen molar-refractivity contribution in [1.82, 2.24) is 0 Å². The molecule has 0 fully saturated rings. The molecule has 0 radical (unpaired) electrons. The lowest BCUT2D eigenvalue weighted by molar-refractivity contribution is 0.921. The number of benzene rings is 2. The van der Waals surface area contributed by atoms with Gasteiger partial charge in [-0.05, 0) is 18.9 Å². The Labute approximate surface area is 99.0 Å². The van der Waals surface area contributed by atoms with Crippen LogP contribution >= 0.6 is 0 Å². The first-order valence-corrected chi connectivity index (χ1v) is 5.88. The molecule has 0 heterocycles. The zero-order valence-corrected chi connectivity index (χ0v) is 10.2. The Kier molecular flexibility index (Phi) is 6.02. The van der Waals surface area contributed by atoms with Crippen LogP contribution < -0.4 is 0 Å². The number of rotatable bonds is 2. The fraction of sp³-hybridized carbons (Fsp3) is 0.250. The highest BCUT2D eigenvalue weighted by molar-refractivity contribution is 5.21. The van der Waals surface area contributed by atoms with E-state index in [4.69, 9.17) is 0 Å². The Bertz CT molecular complexity index is 332. The summed E-state index contributed by atoms with van der Waals surface area (Å²) in [6.07, 6.45) is 2.45. The Morgan fingerprint density at radius 3 is 1.56 bits per heavy atom. The van der Waals surface area contributed by atoms with E-state index in [1.54, 1.807) is 0 Å². The van der Waals surface area contributed by atoms with E-state index in [1.165, 1.54) is 24.0 Å². The molecule has 16 heavy (non-hydrogen) atoms. The molecule has 0 amide bonds. The highest BCUT2D eigenvalue weighted by Crippen LogP contribution is 2.04. The van der Waals surface area contributed by atoms with E-state index in [9.17, 15) is 0 Å². The van der Waals surface area contributed by atoms with Crippen LogP contribution in [0.1, 0.15) is 24.5 Å². The van der Waals surface area contributed by atoms with Gasteiger partial charge in [0.2, 0.25) is 0 Å². The highest BCUT2D eigenvalue weighted by atomic mass is 13.9. The van der Waals surface area contributed by atoms with Crippen LogP contribution in [0.5, 0.6) is 0 Å². The predicted molar refractivity (Wildman–Crippen MR) is 71.6 cm³/mol. The summed E-state index contributed by atoms with van der Waals surface area (Å²) < 4.78 is 0. The Balaban J connectivity index is 0.000000181. The second kappa shape index (κ2) is 7.70. The molecular formula is C16H20. The van der Waals surface area contributed by atoms with Crippen molar-refractivity contribution in [3.8, 4) is 0 Å². The summed E-state index contributed by atoms with van der Waals surface area (Å²) >= 11 is 0. The predicted octanol–water partition coefficient (Wildman–Crippen LogP) is 4.63. The Morgan fingerprint density at radius 1 is 0.750 bits per heavy atom. The summed E-state index contributed by atoms with van der Waals surface area (Å²) in [5.41, 5.74) is 2.80. The molecule has 0 aromatic heterocycles. The minimum absolute atomic E-state index is 1.21. The average molecular weight is 212 g/mol. The van der Waals surface area contributed by atoms with Gasteiger partial charge >= 0.3 is 0 Å². The van der Waals surface area contributed by atoms with Crippen molar-refractivity contribution < 1.29 is 0 Å². The van der Waals surface area contributed by atoms with E-state index in [2.05, 4.69) is 38.1 Å². The van der Waals surface area contributed by atoms with Crippen molar-refractivity contribution in [2.45, 2.75) is 26.7 Å². The Morgan fingerprint density at radius 2 is 1.19 bits per heavy atom. The molecule has 0 aliphatic rings. The van der Waals surface area contributed by atoms with Crippen LogP contribution in [0.25, 0.3) is 0 Å². The largest absolute Gasteiger partial charge is 0.0651 e. The van der Waals surface area contributed by atoms with Crippen molar-refractivity contribution in [3.05, 3.63) is 71.8 Å². The molecule has 0 nitrogen and oxygen atoms in total. The molecule has 0 saturated heterocycles. The van der Waals surface area contributed by atoms with Crippen LogP contribution in [-0.2, 0) is 6.42 Å². The van der Waals surface area contributed by atoms with Gasteiger partial charge in [0.05, 0.1) is 0 Å². The van der Waals surface area contributed by atoms with Gasteiger partial charge in [-0.3, -0.25) is 0 Å². The first kappa shape index (κ1) is 12.5. The summed E-state index contributed by atoms with van der Waals surface area (Å²) in [6, 6.07) is 20.8. The van der Waals surface area contributed by atoms with Crippen LogP contribution in [0.4, 0.5) is 0 Å². The van der Waals surface area contributed by atoms with Crippen LogP contribution in [-0.4, -0.2) is 0 Å². The standard InChI is InChI=1S/C10H14.C6H6/c1-3-4-10-7-5-9(2)6-8-10;1-2-4-6-5-3-1/h5-8H,3-4H2,1-2H3;1-6H. The summed E-state index contributed by atoms with van der Waals surface area (Å²) in [4.78, 5) is 0. The van der Waals surface area contributed by atoms with E-state index in [-0.39, 0.29) is 0 Å². The molecule has 0 atom stereocenters. The molecule has 2 aromatic rings. The van der Waals surface area contributed by atoms with Gasteiger partial charge in [-0.2, -0.15) is 0 Å². The molecule has 0 heteroatoms. The lowest BCUT2D eigenvalue weighted by atomic mass is 10.1. The topological polar surface area (TPSA) is 0 Å². The molecule has 0 aliphatic heterocycles. The molecular weight excluding hydrogens is 192 g/mol. The van der Waals surface area contributed by atoms with E-state index in [0.29, 0.717) is 0 Å². The quantitative estimate of drug-likeness (QED) is 0.680. The SMILES string of the molecule is CCCc1ccc(C)cc1.c1ccccc1. The minimum Gasteiger partial charge on any atom is -0.0651 e. The van der Waals surface area contributed by atoms with Crippen molar-refractivity contribution in [2.75, 3.05) is 0 Å². The zero-order chi connectivity index (χ0) is 11.6. The van der Waals surface area contributed by atoms with E-state index >= 15 is 0 Å². The molecule has 84 valence electrons. The van der Waals surface area contributed by atoms with Gasteiger partial charge in [-0.1, -0.05) is 79.6 Å². The third-order valence-corrected chi connectivity index (χ3v) is 2.33. The number of hydrogen-bond donors (Lipinski definition) is 0. The molecule has 2 aromatic carbocycles. The summed E-state index contributed by atoms with van der Waals surface area (Å²) in [5, 5.41) is 0. The van der Waals surface area contributed by atoms with Gasteiger partial charge in [-0.15, -0.1) is 0 Å². The molecule has 2 rings (SSSR count). The van der Waals surface area contributed by atoms with Crippen LogP contribution in [0.2, 0.25) is 0 Å². The van der Waals surface area contributed by atoms with Gasteiger partial charge < -0.3 is 0 Å². The Hall–Kier alpha value is -1.56. The highest BCUT2D eigenvalue weighted by Gasteiger charge is 1.88. The van der Waals surface area contributed by atoms with E-state index < -0.39 is 0 Å². The van der Waals surface area contributed by atoms with Gasteiger partial charge in [0.1, 0.15) is 0 Å². The van der Waals surface area contributed by atoms with Crippen LogP contribution in [0, 0.1) is 6.92 Å². The van der Waals surface area contributed by atoms with Crippen LogP contribution in [0.3, 0.4) is 0 Å². The second-order valence-corrected chi connectivity index (χ2v) is 3.89. The summed E-state index contributed by atoms with van der Waals surface area (Å²) in [6.45, 7) is 4.33. The van der Waals surface area contributed by atoms with Crippen molar-refractivity contribution >= 4 is 0 Å². The third-order valence-electron chi connectivity index (χ3n) is 2.33. The average Bonchev–Trinajstić information content (AvgIpc) is 2.35. The van der Waals surface area contributed by atoms with Crippen molar-refractivity contribution in [3.63, 3.8) is 0 Å². The zero-order valence-electron chi connectivity index (χ0n) is 10.2. The fourth-order valence-electron chi connectivity index (χ4n) is 1.43. The molecule has 0 bridgehead atoms. The van der Waals surface area contributed by atoms with E-state index in [0.717, 1.165) is 0 Å². The van der Waals surface area contributed by atoms with E-state index in [1.807, 2.05) is 36.4 Å². The summed E-state index contributed by atoms with van der Waals surface area (Å²) in [7, 11) is 0. The monoisotopic (exact) mass is 212 g/mol. The van der Waals surface area contributed by atoms with Gasteiger partial charge in [-0.25, -0.2) is 0 Å². The molecule has 0 unspecified atom stereocenters. The molecule has 0 aliphatic carbocycles. The lowest BCUT2D eigenvalue weighted by Crippen LogP contribution is -1.81. The molecule has 0 saturated carbocycles. The first-order chi connectivity index (χ1) is 7.83. The minimum atomic E-state index is 1.21. The number of aryl methyl sites for hydroxylation is 2. The smallest absolute Gasteiger partial charge is 0.0281 e. The second-order valence-electron chi connectivity index (χ2n) is 3.89. The van der Waals surface area contributed by atoms with Crippen molar-refractivity contribution in [1.29, 1.82) is 0 Å². The normalized spacial score (nSPS) is 9.12.